The molecule has 1 aromatic rings. The van der Waals surface area contributed by atoms with Crippen LogP contribution in [-0.2, 0) is 11.3 Å². The molecule has 1 atom stereocenters. The fourth-order valence-corrected chi connectivity index (χ4v) is 3.71. The van der Waals surface area contributed by atoms with E-state index in [4.69, 9.17) is 14.2 Å². The van der Waals surface area contributed by atoms with Gasteiger partial charge in [0.25, 0.3) is 0 Å². The average molecular weight is 430 g/mol. The van der Waals surface area contributed by atoms with E-state index in [9.17, 15) is 5.11 Å². The molecule has 0 saturated carbocycles. The van der Waals surface area contributed by atoms with Crippen LogP contribution in [0.3, 0.4) is 0 Å². The zero-order valence-corrected chi connectivity index (χ0v) is 17.2. The van der Waals surface area contributed by atoms with Crippen molar-refractivity contribution < 1.29 is 19.3 Å². The fourth-order valence-electron chi connectivity index (χ4n) is 3.06. The summed E-state index contributed by atoms with van der Waals surface area (Å²) in [6, 6.07) is 3.92. The van der Waals surface area contributed by atoms with Crippen molar-refractivity contribution in [2.45, 2.75) is 19.4 Å². The number of aliphatic hydroxyl groups is 1. The lowest BCUT2D eigenvalue weighted by molar-refractivity contribution is 0.127. The van der Waals surface area contributed by atoms with Crippen LogP contribution in [0, 0.1) is 5.41 Å². The number of benzene rings is 1. The molecule has 146 valence electrons. The molecule has 1 aliphatic rings. The van der Waals surface area contributed by atoms with Crippen molar-refractivity contribution in [3.8, 4) is 11.5 Å². The molecule has 8 heteroatoms. The van der Waals surface area contributed by atoms with Gasteiger partial charge in [-0.25, -0.2) is 0 Å². The van der Waals surface area contributed by atoms with Gasteiger partial charge in [-0.15, -0.1) is 0 Å². The topological polar surface area (TPSA) is 84.3 Å². The summed E-state index contributed by atoms with van der Waals surface area (Å²) in [7, 11) is 4.97. The van der Waals surface area contributed by atoms with E-state index in [2.05, 4.69) is 31.6 Å². The molecule has 0 amide bonds. The number of methoxy groups -OCH3 is 2. The molecule has 26 heavy (non-hydrogen) atoms. The second kappa shape index (κ2) is 9.99. The molecule has 0 aliphatic carbocycles. The van der Waals surface area contributed by atoms with Gasteiger partial charge < -0.3 is 30.0 Å². The zero-order chi connectivity index (χ0) is 19.0. The predicted octanol–water partition coefficient (Wildman–Crippen LogP) is 1.92. The van der Waals surface area contributed by atoms with Crippen molar-refractivity contribution in [2.75, 3.05) is 47.6 Å². The molecule has 0 radical (unpaired) electrons. The lowest BCUT2D eigenvalue weighted by Crippen LogP contribution is -2.44. The first-order valence-electron chi connectivity index (χ1n) is 8.61. The Morgan fingerprint density at radius 1 is 1.35 bits per heavy atom. The van der Waals surface area contributed by atoms with Crippen LogP contribution >= 0.6 is 15.9 Å². The van der Waals surface area contributed by atoms with Crippen LogP contribution in [0.5, 0.6) is 11.5 Å². The molecule has 1 unspecified atom stereocenters. The summed E-state index contributed by atoms with van der Waals surface area (Å²) >= 11 is 3.51. The van der Waals surface area contributed by atoms with Gasteiger partial charge in [0.1, 0.15) is 0 Å². The van der Waals surface area contributed by atoms with Gasteiger partial charge in [0.2, 0.25) is 0 Å². The summed E-state index contributed by atoms with van der Waals surface area (Å²) in [6.07, 6.45) is 1.67. The Labute approximate surface area is 163 Å². The number of halogens is 1. The molecule has 1 fully saturated rings. The first-order valence-corrected chi connectivity index (χ1v) is 9.40. The molecule has 1 aromatic carbocycles. The van der Waals surface area contributed by atoms with Gasteiger partial charge in [-0.3, -0.25) is 4.99 Å². The molecule has 1 aliphatic heterocycles. The maximum absolute atomic E-state index is 9.33. The summed E-state index contributed by atoms with van der Waals surface area (Å²) in [6.45, 7) is 2.87. The van der Waals surface area contributed by atoms with Crippen molar-refractivity contribution in [2.24, 2.45) is 10.4 Å². The van der Waals surface area contributed by atoms with Gasteiger partial charge in [0.15, 0.2) is 17.5 Å². The standard InChI is InChI=1S/C18H28BrN3O4/c1-20-17(22-11-18(4-6-23)5-7-26-12-18)21-10-13-8-14(19)16(25-3)15(9-13)24-2/h8-9,23H,4-7,10-12H2,1-3H3,(H2,20,21,22). The molecule has 0 aromatic heterocycles. The van der Waals surface area contributed by atoms with Gasteiger partial charge in [-0.2, -0.15) is 0 Å². The number of guanidine groups is 1. The number of ether oxygens (including phenoxy) is 3. The molecule has 2 rings (SSSR count). The van der Waals surface area contributed by atoms with Gasteiger partial charge >= 0.3 is 0 Å². The number of hydrogen-bond acceptors (Lipinski definition) is 5. The Morgan fingerprint density at radius 2 is 2.15 bits per heavy atom. The van der Waals surface area contributed by atoms with E-state index in [0.29, 0.717) is 37.2 Å². The smallest absolute Gasteiger partial charge is 0.191 e. The lowest BCUT2D eigenvalue weighted by atomic mass is 9.84. The minimum absolute atomic E-state index is 0.0290. The molecule has 7 nitrogen and oxygen atoms in total. The van der Waals surface area contributed by atoms with E-state index >= 15 is 0 Å². The van der Waals surface area contributed by atoms with Gasteiger partial charge in [-0.05, 0) is 46.5 Å². The highest BCUT2D eigenvalue weighted by Crippen LogP contribution is 2.36. The van der Waals surface area contributed by atoms with Crippen molar-refractivity contribution in [3.63, 3.8) is 0 Å². The lowest BCUT2D eigenvalue weighted by Gasteiger charge is -2.27. The van der Waals surface area contributed by atoms with Crippen molar-refractivity contribution in [1.29, 1.82) is 0 Å². The first kappa shape index (κ1) is 20.8. The van der Waals surface area contributed by atoms with E-state index in [-0.39, 0.29) is 12.0 Å². The van der Waals surface area contributed by atoms with Crippen LogP contribution in [-0.4, -0.2) is 58.7 Å². The minimum atomic E-state index is -0.0290. The van der Waals surface area contributed by atoms with Gasteiger partial charge in [0, 0.05) is 38.8 Å². The number of aliphatic imine (C=N–C) groups is 1. The Hall–Kier alpha value is -1.51. The van der Waals surface area contributed by atoms with E-state index in [0.717, 1.165) is 29.5 Å². The second-order valence-corrected chi connectivity index (χ2v) is 7.22. The first-order chi connectivity index (χ1) is 12.6. The van der Waals surface area contributed by atoms with Crippen LogP contribution in [0.1, 0.15) is 18.4 Å². The van der Waals surface area contributed by atoms with Gasteiger partial charge in [-0.1, -0.05) is 0 Å². The monoisotopic (exact) mass is 429 g/mol. The Balaban J connectivity index is 1.95. The van der Waals surface area contributed by atoms with Gasteiger partial charge in [0.05, 0.1) is 25.3 Å². The van der Waals surface area contributed by atoms with Crippen molar-refractivity contribution in [1.82, 2.24) is 10.6 Å². The zero-order valence-electron chi connectivity index (χ0n) is 15.6. The van der Waals surface area contributed by atoms with Crippen molar-refractivity contribution >= 4 is 21.9 Å². The largest absolute Gasteiger partial charge is 0.493 e. The van der Waals surface area contributed by atoms with Crippen LogP contribution in [0.15, 0.2) is 21.6 Å². The normalized spacial score (nSPS) is 20.1. The average Bonchev–Trinajstić information content (AvgIpc) is 3.10. The SMILES string of the molecule is CN=C(NCc1cc(Br)c(OC)c(OC)c1)NCC1(CCO)CCOC1. The van der Waals surface area contributed by atoms with E-state index in [1.54, 1.807) is 21.3 Å². The van der Waals surface area contributed by atoms with E-state index in [1.165, 1.54) is 0 Å². The maximum Gasteiger partial charge on any atom is 0.191 e. The molecular weight excluding hydrogens is 402 g/mol. The number of rotatable bonds is 8. The summed E-state index contributed by atoms with van der Waals surface area (Å²) in [5.41, 5.74) is 1.00. The number of aliphatic hydroxyl groups excluding tert-OH is 1. The molecule has 0 spiro atoms. The maximum atomic E-state index is 9.33. The summed E-state index contributed by atoms with van der Waals surface area (Å²) in [4.78, 5) is 4.28. The highest BCUT2D eigenvalue weighted by atomic mass is 79.9. The van der Waals surface area contributed by atoms with Crippen LogP contribution < -0.4 is 20.1 Å². The Morgan fingerprint density at radius 3 is 2.73 bits per heavy atom. The molecule has 1 saturated heterocycles. The molecular formula is C18H28BrN3O4. The fraction of sp³-hybridized carbons (Fsp3) is 0.611. The third-order valence-electron chi connectivity index (χ3n) is 4.63. The summed E-state index contributed by atoms with van der Waals surface area (Å²) < 4.78 is 17.1. The second-order valence-electron chi connectivity index (χ2n) is 6.37. The van der Waals surface area contributed by atoms with E-state index < -0.39 is 0 Å². The summed E-state index contributed by atoms with van der Waals surface area (Å²) in [5.74, 6) is 2.05. The van der Waals surface area contributed by atoms with Crippen molar-refractivity contribution in [3.05, 3.63) is 22.2 Å². The highest BCUT2D eigenvalue weighted by molar-refractivity contribution is 9.10. The molecule has 3 N–H and O–H groups in total. The van der Waals surface area contributed by atoms with Crippen LogP contribution in [0.2, 0.25) is 0 Å². The Kier molecular flexibility index (Phi) is 7.99. The third kappa shape index (κ3) is 5.25. The quantitative estimate of drug-likeness (QED) is 0.432. The van der Waals surface area contributed by atoms with Crippen LogP contribution in [0.25, 0.3) is 0 Å². The number of nitrogens with one attached hydrogen (secondary N) is 2. The molecule has 0 bridgehead atoms. The highest BCUT2D eigenvalue weighted by Gasteiger charge is 2.34. The van der Waals surface area contributed by atoms with Crippen LogP contribution in [0.4, 0.5) is 0 Å². The third-order valence-corrected chi connectivity index (χ3v) is 5.22. The Bertz CT molecular complexity index is 619. The summed E-state index contributed by atoms with van der Waals surface area (Å²) in [5, 5.41) is 16.0. The minimum Gasteiger partial charge on any atom is -0.493 e. The van der Waals surface area contributed by atoms with E-state index in [1.807, 2.05) is 12.1 Å². The predicted molar refractivity (Wildman–Crippen MR) is 105 cm³/mol. The number of hydrogen-bond donors (Lipinski definition) is 3. The number of nitrogens with zero attached hydrogens (tertiary/aromatic N) is 1. The molecule has 1 heterocycles.